The first-order valence-corrected chi connectivity index (χ1v) is 8.89. The van der Waals surface area contributed by atoms with Gasteiger partial charge in [0.05, 0.1) is 24.2 Å². The van der Waals surface area contributed by atoms with E-state index in [1.807, 2.05) is 0 Å². The summed E-state index contributed by atoms with van der Waals surface area (Å²) in [7, 11) is 0. The smallest absolute Gasteiger partial charge is 0.245 e. The van der Waals surface area contributed by atoms with Gasteiger partial charge in [-0.05, 0) is 39.7 Å². The van der Waals surface area contributed by atoms with E-state index in [2.05, 4.69) is 10.6 Å². The van der Waals surface area contributed by atoms with Gasteiger partial charge in [0.1, 0.15) is 6.04 Å². The van der Waals surface area contributed by atoms with Gasteiger partial charge in [-0.3, -0.25) is 14.4 Å². The van der Waals surface area contributed by atoms with Crippen molar-refractivity contribution in [2.45, 2.75) is 82.6 Å². The summed E-state index contributed by atoms with van der Waals surface area (Å²) in [4.78, 5) is 36.1. The SMILES string of the molecule is CC(=O)[C@H](CCN)NC(=O)[C@@H](NC(=O)CC1(O)CCCCC1)C(C)O. The topological polar surface area (TPSA) is 142 Å². The fraction of sp³-hybridized carbons (Fsp3) is 0.824. The number of nitrogens with two attached hydrogens (primary N) is 1. The summed E-state index contributed by atoms with van der Waals surface area (Å²) in [5, 5.41) is 25.3. The monoisotopic (exact) mass is 357 g/mol. The molecule has 1 saturated carbocycles. The highest BCUT2D eigenvalue weighted by atomic mass is 16.3. The zero-order valence-electron chi connectivity index (χ0n) is 15.1. The van der Waals surface area contributed by atoms with Gasteiger partial charge in [0.25, 0.3) is 0 Å². The van der Waals surface area contributed by atoms with Gasteiger partial charge in [-0.1, -0.05) is 19.3 Å². The van der Waals surface area contributed by atoms with Crippen molar-refractivity contribution in [1.29, 1.82) is 0 Å². The summed E-state index contributed by atoms with van der Waals surface area (Å²) in [6.07, 6.45) is 2.90. The summed E-state index contributed by atoms with van der Waals surface area (Å²) >= 11 is 0. The van der Waals surface area contributed by atoms with E-state index in [1.54, 1.807) is 0 Å². The van der Waals surface area contributed by atoms with Gasteiger partial charge in [-0.15, -0.1) is 0 Å². The number of aliphatic hydroxyl groups excluding tert-OH is 1. The van der Waals surface area contributed by atoms with Gasteiger partial charge >= 0.3 is 0 Å². The van der Waals surface area contributed by atoms with Crippen LogP contribution in [-0.2, 0) is 14.4 Å². The van der Waals surface area contributed by atoms with Crippen LogP contribution in [0, 0.1) is 0 Å². The Labute approximate surface area is 148 Å². The second kappa shape index (κ2) is 9.84. The quantitative estimate of drug-likeness (QED) is 0.372. The highest BCUT2D eigenvalue weighted by Gasteiger charge is 2.34. The number of rotatable bonds is 9. The molecule has 25 heavy (non-hydrogen) atoms. The Bertz CT molecular complexity index is 475. The van der Waals surface area contributed by atoms with Crippen molar-refractivity contribution in [3.8, 4) is 0 Å². The van der Waals surface area contributed by atoms with Crippen LogP contribution in [-0.4, -0.2) is 58.1 Å². The molecule has 144 valence electrons. The minimum Gasteiger partial charge on any atom is -0.391 e. The molecule has 1 aliphatic rings. The molecule has 0 aromatic carbocycles. The molecule has 1 aliphatic carbocycles. The lowest BCUT2D eigenvalue weighted by molar-refractivity contribution is -0.136. The van der Waals surface area contributed by atoms with E-state index < -0.39 is 35.6 Å². The summed E-state index contributed by atoms with van der Waals surface area (Å²) in [6.45, 7) is 2.95. The van der Waals surface area contributed by atoms with Crippen LogP contribution in [0.1, 0.15) is 58.8 Å². The van der Waals surface area contributed by atoms with Gasteiger partial charge in [-0.2, -0.15) is 0 Å². The number of nitrogens with one attached hydrogen (secondary N) is 2. The van der Waals surface area contributed by atoms with Crippen LogP contribution in [0.15, 0.2) is 0 Å². The highest BCUT2D eigenvalue weighted by Crippen LogP contribution is 2.30. The van der Waals surface area contributed by atoms with E-state index in [4.69, 9.17) is 5.73 Å². The average molecular weight is 357 g/mol. The van der Waals surface area contributed by atoms with Crippen LogP contribution < -0.4 is 16.4 Å². The van der Waals surface area contributed by atoms with E-state index >= 15 is 0 Å². The molecule has 0 saturated heterocycles. The van der Waals surface area contributed by atoms with Gasteiger partial charge in [-0.25, -0.2) is 0 Å². The Kier molecular flexibility index (Phi) is 8.47. The first kappa shape index (κ1) is 21.5. The van der Waals surface area contributed by atoms with E-state index in [0.29, 0.717) is 12.8 Å². The van der Waals surface area contributed by atoms with Crippen molar-refractivity contribution in [2.75, 3.05) is 6.54 Å². The van der Waals surface area contributed by atoms with E-state index in [1.165, 1.54) is 13.8 Å². The Morgan fingerprint density at radius 1 is 1.16 bits per heavy atom. The lowest BCUT2D eigenvalue weighted by Crippen LogP contribution is -2.56. The first-order valence-electron chi connectivity index (χ1n) is 8.89. The van der Waals surface area contributed by atoms with Crippen molar-refractivity contribution in [3.05, 3.63) is 0 Å². The maximum atomic E-state index is 12.3. The summed E-state index contributed by atoms with van der Waals surface area (Å²) in [5.41, 5.74) is 4.38. The largest absolute Gasteiger partial charge is 0.391 e. The van der Waals surface area contributed by atoms with Crippen LogP contribution in [0.25, 0.3) is 0 Å². The van der Waals surface area contributed by atoms with Gasteiger partial charge in [0, 0.05) is 0 Å². The van der Waals surface area contributed by atoms with Crippen molar-refractivity contribution < 1.29 is 24.6 Å². The number of hydrogen-bond acceptors (Lipinski definition) is 6. The molecule has 1 unspecified atom stereocenters. The third-order valence-corrected chi connectivity index (χ3v) is 4.62. The maximum absolute atomic E-state index is 12.3. The standard InChI is InChI=1S/C17H31N3O5/c1-11(21)13(6-9-18)19-16(24)15(12(2)22)20-14(23)10-17(25)7-4-3-5-8-17/h12-13,15,22,25H,3-10,18H2,1-2H3,(H,19,24)(H,20,23)/t12?,13-,15-/m0/s1. The van der Waals surface area contributed by atoms with Crippen LogP contribution in [0.4, 0.5) is 0 Å². The van der Waals surface area contributed by atoms with Crippen molar-refractivity contribution in [3.63, 3.8) is 0 Å². The number of amides is 2. The molecule has 0 bridgehead atoms. The Morgan fingerprint density at radius 2 is 1.76 bits per heavy atom. The number of ketones is 1. The van der Waals surface area contributed by atoms with E-state index in [9.17, 15) is 24.6 Å². The molecule has 0 heterocycles. The minimum atomic E-state index is -1.20. The maximum Gasteiger partial charge on any atom is 0.245 e. The zero-order chi connectivity index (χ0) is 19.0. The molecule has 0 aromatic heterocycles. The fourth-order valence-corrected chi connectivity index (χ4v) is 3.12. The molecular formula is C17H31N3O5. The molecule has 0 radical (unpaired) electrons. The number of Topliss-reactive ketones (excluding diaryl/α,β-unsaturated/α-hetero) is 1. The molecule has 8 nitrogen and oxygen atoms in total. The molecule has 0 aromatic rings. The number of carbonyl (C=O) groups is 3. The molecule has 0 aliphatic heterocycles. The fourth-order valence-electron chi connectivity index (χ4n) is 3.12. The predicted octanol–water partition coefficient (Wildman–Crippen LogP) is -0.640. The molecule has 6 N–H and O–H groups in total. The number of carbonyl (C=O) groups excluding carboxylic acids is 3. The van der Waals surface area contributed by atoms with E-state index in [0.717, 1.165) is 19.3 Å². The Hall–Kier alpha value is -1.51. The molecular weight excluding hydrogens is 326 g/mol. The lowest BCUT2D eigenvalue weighted by Gasteiger charge is -2.32. The molecule has 1 rings (SSSR count). The second-order valence-corrected chi connectivity index (χ2v) is 7.00. The molecule has 8 heteroatoms. The molecule has 0 spiro atoms. The van der Waals surface area contributed by atoms with Crippen molar-refractivity contribution in [1.82, 2.24) is 10.6 Å². The highest BCUT2D eigenvalue weighted by molar-refractivity contribution is 5.92. The van der Waals surface area contributed by atoms with Gasteiger partial charge in [0.15, 0.2) is 5.78 Å². The van der Waals surface area contributed by atoms with Crippen molar-refractivity contribution >= 4 is 17.6 Å². The Balaban J connectivity index is 2.67. The summed E-state index contributed by atoms with van der Waals surface area (Å²) < 4.78 is 0. The van der Waals surface area contributed by atoms with Crippen LogP contribution in [0.5, 0.6) is 0 Å². The van der Waals surface area contributed by atoms with Crippen LogP contribution >= 0.6 is 0 Å². The number of aliphatic hydroxyl groups is 2. The second-order valence-electron chi connectivity index (χ2n) is 7.00. The molecule has 2 amide bonds. The zero-order valence-corrected chi connectivity index (χ0v) is 15.1. The summed E-state index contributed by atoms with van der Waals surface area (Å²) in [5.74, 6) is -1.39. The molecule has 3 atom stereocenters. The lowest BCUT2D eigenvalue weighted by atomic mass is 9.82. The average Bonchev–Trinajstić information content (AvgIpc) is 2.51. The minimum absolute atomic E-state index is 0.109. The third-order valence-electron chi connectivity index (χ3n) is 4.62. The predicted molar refractivity (Wildman–Crippen MR) is 92.5 cm³/mol. The molecule has 1 fully saturated rings. The number of hydrogen-bond donors (Lipinski definition) is 5. The summed E-state index contributed by atoms with van der Waals surface area (Å²) in [6, 6.07) is -1.95. The Morgan fingerprint density at radius 3 is 2.24 bits per heavy atom. The normalized spacial score (nSPS) is 20.2. The first-order chi connectivity index (χ1) is 11.7. The van der Waals surface area contributed by atoms with Crippen LogP contribution in [0.2, 0.25) is 0 Å². The van der Waals surface area contributed by atoms with Gasteiger partial charge in [0.2, 0.25) is 11.8 Å². The van der Waals surface area contributed by atoms with E-state index in [-0.39, 0.29) is 25.2 Å². The van der Waals surface area contributed by atoms with Crippen molar-refractivity contribution in [2.24, 2.45) is 5.73 Å². The van der Waals surface area contributed by atoms with Gasteiger partial charge < -0.3 is 26.6 Å². The third kappa shape index (κ3) is 7.09. The van der Waals surface area contributed by atoms with Crippen LogP contribution in [0.3, 0.4) is 0 Å².